The Morgan fingerprint density at radius 2 is 1.72 bits per heavy atom. The fourth-order valence-corrected chi connectivity index (χ4v) is 3.64. The van der Waals surface area contributed by atoms with E-state index in [0.717, 1.165) is 22.2 Å². The molecule has 0 radical (unpaired) electrons. The molecule has 0 atom stereocenters. The zero-order valence-electron chi connectivity index (χ0n) is 16.1. The number of carbonyl (C=O) groups excluding carboxylic acids is 2. The molecule has 0 bridgehead atoms. The van der Waals surface area contributed by atoms with Gasteiger partial charge in [-0.05, 0) is 36.6 Å². The van der Waals surface area contributed by atoms with Gasteiger partial charge in [-0.3, -0.25) is 14.6 Å². The van der Waals surface area contributed by atoms with Crippen molar-refractivity contribution in [1.29, 1.82) is 0 Å². The molecule has 1 N–H and O–H groups in total. The van der Waals surface area contributed by atoms with E-state index in [4.69, 9.17) is 0 Å². The smallest absolute Gasteiger partial charge is 0.246 e. The first-order valence-corrected chi connectivity index (χ1v) is 9.87. The van der Waals surface area contributed by atoms with Crippen molar-refractivity contribution in [3.63, 3.8) is 0 Å². The number of likely N-dealkylation sites (tertiary alicyclic amines) is 1. The van der Waals surface area contributed by atoms with Gasteiger partial charge in [0.2, 0.25) is 11.8 Å². The van der Waals surface area contributed by atoms with Gasteiger partial charge >= 0.3 is 0 Å². The monoisotopic (exact) mass is 385 g/mol. The second kappa shape index (κ2) is 8.69. The minimum atomic E-state index is -0.101. The number of amides is 2. The number of aromatic nitrogens is 1. The Bertz CT molecular complexity index is 1030. The predicted molar refractivity (Wildman–Crippen MR) is 115 cm³/mol. The Labute approximate surface area is 170 Å². The van der Waals surface area contributed by atoms with E-state index >= 15 is 0 Å². The molecule has 146 valence electrons. The molecule has 2 amide bonds. The zero-order valence-corrected chi connectivity index (χ0v) is 16.1. The lowest BCUT2D eigenvalue weighted by atomic mass is 9.95. The van der Waals surface area contributed by atoms with Gasteiger partial charge in [-0.25, -0.2) is 0 Å². The van der Waals surface area contributed by atoms with Gasteiger partial charge in [0.1, 0.15) is 0 Å². The molecule has 2 aromatic carbocycles. The Morgan fingerprint density at radius 1 is 0.966 bits per heavy atom. The van der Waals surface area contributed by atoms with Crippen LogP contribution in [0.3, 0.4) is 0 Å². The van der Waals surface area contributed by atoms with Crippen LogP contribution in [0.2, 0.25) is 0 Å². The minimum Gasteiger partial charge on any atom is -0.339 e. The third-order valence-corrected chi connectivity index (χ3v) is 5.29. The fraction of sp³-hybridized carbons (Fsp3) is 0.208. The number of rotatable bonds is 4. The van der Waals surface area contributed by atoms with E-state index in [1.165, 1.54) is 0 Å². The van der Waals surface area contributed by atoms with Crippen LogP contribution in [-0.2, 0) is 9.59 Å². The van der Waals surface area contributed by atoms with E-state index in [-0.39, 0.29) is 17.7 Å². The number of hydrogen-bond acceptors (Lipinski definition) is 3. The van der Waals surface area contributed by atoms with Gasteiger partial charge < -0.3 is 10.2 Å². The molecule has 4 rings (SSSR count). The zero-order chi connectivity index (χ0) is 20.1. The Balaban J connectivity index is 1.34. The molecule has 1 aliphatic rings. The standard InChI is InChI=1S/C24H23N3O2/c28-22(12-11-18-6-2-1-3-7-18)27-16-13-20(14-17-27)24(29)26-21-10-4-8-19-9-5-15-25-23(19)21/h1-12,15,20H,13-14,16-17H2,(H,26,29)/b12-11+. The van der Waals surface area contributed by atoms with Crippen LogP contribution >= 0.6 is 0 Å². The van der Waals surface area contributed by atoms with E-state index < -0.39 is 0 Å². The Kier molecular flexibility index (Phi) is 5.66. The van der Waals surface area contributed by atoms with Crippen molar-refractivity contribution >= 4 is 34.5 Å². The summed E-state index contributed by atoms with van der Waals surface area (Å²) >= 11 is 0. The number of benzene rings is 2. The lowest BCUT2D eigenvalue weighted by Crippen LogP contribution is -2.40. The van der Waals surface area contributed by atoms with E-state index in [1.807, 2.05) is 71.6 Å². The van der Waals surface area contributed by atoms with Crippen LogP contribution < -0.4 is 5.32 Å². The van der Waals surface area contributed by atoms with Crippen molar-refractivity contribution in [2.75, 3.05) is 18.4 Å². The lowest BCUT2D eigenvalue weighted by Gasteiger charge is -2.30. The summed E-state index contributed by atoms with van der Waals surface area (Å²) in [6.07, 6.45) is 6.49. The topological polar surface area (TPSA) is 62.3 Å². The molecule has 1 fully saturated rings. The van der Waals surface area contributed by atoms with Gasteiger partial charge in [0, 0.05) is 36.7 Å². The Morgan fingerprint density at radius 3 is 2.52 bits per heavy atom. The summed E-state index contributed by atoms with van der Waals surface area (Å²) < 4.78 is 0. The van der Waals surface area contributed by atoms with E-state index in [9.17, 15) is 9.59 Å². The molecule has 0 saturated carbocycles. The van der Waals surface area contributed by atoms with Crippen LogP contribution in [0.15, 0.2) is 72.9 Å². The number of hydrogen-bond donors (Lipinski definition) is 1. The maximum atomic E-state index is 12.7. The van der Waals surface area contributed by atoms with Gasteiger partial charge in [-0.2, -0.15) is 0 Å². The number of fused-ring (bicyclic) bond motifs is 1. The Hall–Kier alpha value is -3.47. The average molecular weight is 385 g/mol. The number of carbonyl (C=O) groups is 2. The SMILES string of the molecule is O=C(Nc1cccc2cccnc12)C1CCN(C(=O)/C=C/c2ccccc2)CC1. The molecule has 0 unspecified atom stereocenters. The van der Waals surface area contributed by atoms with Crippen LogP contribution in [0.1, 0.15) is 18.4 Å². The third-order valence-electron chi connectivity index (χ3n) is 5.29. The highest BCUT2D eigenvalue weighted by Gasteiger charge is 2.26. The maximum Gasteiger partial charge on any atom is 0.246 e. The van der Waals surface area contributed by atoms with Gasteiger partial charge in [0.15, 0.2) is 0 Å². The van der Waals surface area contributed by atoms with Gasteiger partial charge in [0.25, 0.3) is 0 Å². The third kappa shape index (κ3) is 4.51. The van der Waals surface area contributed by atoms with E-state index in [1.54, 1.807) is 12.3 Å². The molecule has 29 heavy (non-hydrogen) atoms. The van der Waals surface area contributed by atoms with Crippen LogP contribution in [0, 0.1) is 5.92 Å². The van der Waals surface area contributed by atoms with Crippen molar-refractivity contribution < 1.29 is 9.59 Å². The highest BCUT2D eigenvalue weighted by Crippen LogP contribution is 2.24. The number of pyridine rings is 1. The molecule has 0 spiro atoms. The second-order valence-electron chi connectivity index (χ2n) is 7.21. The summed E-state index contributed by atoms with van der Waals surface area (Å²) in [7, 11) is 0. The van der Waals surface area contributed by atoms with Crippen molar-refractivity contribution in [2.45, 2.75) is 12.8 Å². The van der Waals surface area contributed by atoms with Crippen molar-refractivity contribution in [1.82, 2.24) is 9.88 Å². The molecule has 5 nitrogen and oxygen atoms in total. The van der Waals surface area contributed by atoms with Gasteiger partial charge in [-0.1, -0.05) is 48.5 Å². The number of piperidine rings is 1. The molecule has 3 aromatic rings. The first-order chi connectivity index (χ1) is 14.2. The van der Waals surface area contributed by atoms with E-state index in [0.29, 0.717) is 25.9 Å². The van der Waals surface area contributed by atoms with Crippen LogP contribution in [0.5, 0.6) is 0 Å². The number of nitrogens with zero attached hydrogens (tertiary/aromatic N) is 2. The fourth-order valence-electron chi connectivity index (χ4n) is 3.64. The normalized spacial score (nSPS) is 15.0. The summed E-state index contributed by atoms with van der Waals surface area (Å²) in [4.78, 5) is 31.4. The average Bonchev–Trinajstić information content (AvgIpc) is 2.78. The first kappa shape index (κ1) is 18.9. The highest BCUT2D eigenvalue weighted by atomic mass is 16.2. The molecule has 1 aliphatic heterocycles. The predicted octanol–water partition coefficient (Wildman–Crippen LogP) is 4.13. The molecule has 1 aromatic heterocycles. The molecular weight excluding hydrogens is 362 g/mol. The van der Waals surface area contributed by atoms with Gasteiger partial charge in [-0.15, -0.1) is 0 Å². The van der Waals surface area contributed by atoms with E-state index in [2.05, 4.69) is 10.3 Å². The van der Waals surface area contributed by atoms with Crippen LogP contribution in [-0.4, -0.2) is 34.8 Å². The van der Waals surface area contributed by atoms with Crippen molar-refractivity contribution in [3.05, 3.63) is 78.5 Å². The van der Waals surface area contributed by atoms with Crippen LogP contribution in [0.4, 0.5) is 5.69 Å². The lowest BCUT2D eigenvalue weighted by molar-refractivity contribution is -0.130. The van der Waals surface area contributed by atoms with Crippen molar-refractivity contribution in [2.24, 2.45) is 5.92 Å². The highest BCUT2D eigenvalue weighted by molar-refractivity contribution is 6.01. The summed E-state index contributed by atoms with van der Waals surface area (Å²) in [5.41, 5.74) is 2.53. The summed E-state index contributed by atoms with van der Waals surface area (Å²) in [5.74, 6) is -0.114. The first-order valence-electron chi connectivity index (χ1n) is 9.87. The molecule has 0 aliphatic carbocycles. The molecule has 2 heterocycles. The number of anilines is 1. The summed E-state index contributed by atoms with van der Waals surface area (Å²) in [5, 5.41) is 4.02. The quantitative estimate of drug-likeness (QED) is 0.687. The number of nitrogens with one attached hydrogen (secondary N) is 1. The maximum absolute atomic E-state index is 12.7. The van der Waals surface area contributed by atoms with Crippen molar-refractivity contribution in [3.8, 4) is 0 Å². The summed E-state index contributed by atoms with van der Waals surface area (Å²) in [6, 6.07) is 19.4. The van der Waals surface area contributed by atoms with Gasteiger partial charge in [0.05, 0.1) is 11.2 Å². The largest absolute Gasteiger partial charge is 0.339 e. The molecule has 1 saturated heterocycles. The second-order valence-corrected chi connectivity index (χ2v) is 7.21. The summed E-state index contributed by atoms with van der Waals surface area (Å²) in [6.45, 7) is 1.17. The van der Waals surface area contributed by atoms with Crippen LogP contribution in [0.25, 0.3) is 17.0 Å². The molecule has 5 heteroatoms. The molecular formula is C24H23N3O2. The minimum absolute atomic E-state index is 0.00456. The number of para-hydroxylation sites is 1.